The third-order valence-corrected chi connectivity index (χ3v) is 13.5. The molecule has 0 radical (unpaired) electrons. The van der Waals surface area contributed by atoms with Crippen molar-refractivity contribution in [2.45, 2.75) is 20.8 Å². The molecule has 92 valence electrons. The van der Waals surface area contributed by atoms with Crippen LogP contribution in [0.15, 0.2) is 0 Å². The Morgan fingerprint density at radius 1 is 0.867 bits per heavy atom. The van der Waals surface area contributed by atoms with Gasteiger partial charge in [0.15, 0.2) is 0 Å². The van der Waals surface area contributed by atoms with Crippen molar-refractivity contribution in [2.24, 2.45) is 0 Å². The van der Waals surface area contributed by atoms with E-state index in [0.717, 1.165) is 0 Å². The molecule has 0 spiro atoms. The second kappa shape index (κ2) is 10.6. The van der Waals surface area contributed by atoms with Crippen LogP contribution in [0.3, 0.4) is 0 Å². The van der Waals surface area contributed by atoms with Gasteiger partial charge in [-0.3, -0.25) is 0 Å². The van der Waals surface area contributed by atoms with Crippen LogP contribution >= 0.6 is 40.7 Å². The van der Waals surface area contributed by atoms with Crippen LogP contribution in [0.1, 0.15) is 20.8 Å². The highest BCUT2D eigenvalue weighted by Crippen LogP contribution is 2.46. The Morgan fingerprint density at radius 2 is 1.33 bits per heavy atom. The molecule has 0 saturated carbocycles. The minimum Gasteiger partial charge on any atom is -0.365 e. The van der Waals surface area contributed by atoms with Crippen LogP contribution in [0, 0.1) is 0 Å². The summed E-state index contributed by atoms with van der Waals surface area (Å²) in [5, 5.41) is 0. The molecule has 0 aliphatic carbocycles. The van der Waals surface area contributed by atoms with E-state index in [1.165, 1.54) is 0 Å². The van der Waals surface area contributed by atoms with E-state index in [-0.39, 0.29) is 0 Å². The molecule has 0 unspecified atom stereocenters. The first-order valence-corrected chi connectivity index (χ1v) is 12.4. The van der Waals surface area contributed by atoms with Crippen LogP contribution in [0.5, 0.6) is 0 Å². The Kier molecular flexibility index (Phi) is 11.7. The minimum absolute atomic E-state index is 0.629. The van der Waals surface area contributed by atoms with Crippen LogP contribution in [0.25, 0.3) is 0 Å². The lowest BCUT2D eigenvalue weighted by atomic mass is 10.9. The van der Waals surface area contributed by atoms with Gasteiger partial charge in [0.2, 0.25) is 0 Å². The van der Waals surface area contributed by atoms with Crippen molar-refractivity contribution in [3.63, 3.8) is 0 Å². The molecule has 0 bridgehead atoms. The van der Waals surface area contributed by atoms with E-state index in [0.29, 0.717) is 19.8 Å². The van der Waals surface area contributed by atoms with E-state index < -0.39 is 7.95 Å². The quantitative estimate of drug-likeness (QED) is 0.344. The molecule has 0 atom stereocenters. The van der Waals surface area contributed by atoms with Crippen molar-refractivity contribution in [1.29, 1.82) is 0 Å². The van der Waals surface area contributed by atoms with E-state index in [4.69, 9.17) is 13.3 Å². The van der Waals surface area contributed by atoms with E-state index in [2.05, 4.69) is 0 Å². The fourth-order valence-electron chi connectivity index (χ4n) is 0.811. The maximum absolute atomic E-state index is 5.67. The van der Waals surface area contributed by atoms with Gasteiger partial charge in [-0.25, -0.2) is 0 Å². The Balaban J connectivity index is 4.18. The molecule has 0 saturated heterocycles. The summed E-state index contributed by atoms with van der Waals surface area (Å²) in [6.45, 7) is 7.78. The summed E-state index contributed by atoms with van der Waals surface area (Å²) in [5.41, 5.74) is 0. The summed E-state index contributed by atoms with van der Waals surface area (Å²) in [7, 11) is 4.19. The van der Waals surface area contributed by atoms with E-state index in [1.54, 1.807) is 40.7 Å². The standard InChI is InChI=1S/C7H18O3S4Si/c1-5-8-15(9-6-2,10-7-3)14-13-12-11-4/h5-7H2,1-4H3. The van der Waals surface area contributed by atoms with Crippen molar-refractivity contribution < 1.29 is 13.3 Å². The number of rotatable bonds is 10. The first kappa shape index (κ1) is 16.5. The van der Waals surface area contributed by atoms with Crippen LogP contribution in [-0.2, 0) is 13.3 Å². The van der Waals surface area contributed by atoms with Gasteiger partial charge >= 0.3 is 7.95 Å². The second-order valence-corrected chi connectivity index (χ2v) is 12.6. The Morgan fingerprint density at radius 3 is 1.67 bits per heavy atom. The fourth-order valence-corrected chi connectivity index (χ4v) is 14.0. The van der Waals surface area contributed by atoms with E-state index in [9.17, 15) is 0 Å². The van der Waals surface area contributed by atoms with Gasteiger partial charge in [0.05, 0.1) is 0 Å². The molecule has 0 heterocycles. The van der Waals surface area contributed by atoms with Crippen LogP contribution in [0.4, 0.5) is 0 Å². The van der Waals surface area contributed by atoms with Crippen LogP contribution < -0.4 is 0 Å². The highest BCUT2D eigenvalue weighted by Gasteiger charge is 2.43. The molecule has 0 aromatic carbocycles. The first-order chi connectivity index (χ1) is 7.24. The van der Waals surface area contributed by atoms with Crippen molar-refractivity contribution >= 4 is 48.6 Å². The molecule has 0 rings (SSSR count). The lowest BCUT2D eigenvalue weighted by Gasteiger charge is -2.25. The van der Waals surface area contributed by atoms with Crippen molar-refractivity contribution in [3.05, 3.63) is 0 Å². The normalized spacial score (nSPS) is 12.0. The summed E-state index contributed by atoms with van der Waals surface area (Å²) >= 11 is 0. The number of hydrogen-bond acceptors (Lipinski definition) is 7. The lowest BCUT2D eigenvalue weighted by molar-refractivity contribution is 0.0971. The topological polar surface area (TPSA) is 27.7 Å². The average Bonchev–Trinajstić information content (AvgIpc) is 2.19. The summed E-state index contributed by atoms with van der Waals surface area (Å²) in [6.07, 6.45) is 2.05. The van der Waals surface area contributed by atoms with Gasteiger partial charge in [-0.15, -0.1) is 0 Å². The monoisotopic (exact) mass is 306 g/mol. The summed E-state index contributed by atoms with van der Waals surface area (Å²) in [4.78, 5) is 0. The first-order valence-electron chi connectivity index (χ1n) is 4.71. The zero-order valence-corrected chi connectivity index (χ0v) is 13.7. The molecule has 0 N–H and O–H groups in total. The van der Waals surface area contributed by atoms with E-state index in [1.807, 2.05) is 27.0 Å². The fraction of sp³-hybridized carbons (Fsp3) is 1.00. The molecule has 0 aliphatic heterocycles. The highest BCUT2D eigenvalue weighted by atomic mass is 33.7. The molecule has 0 aliphatic rings. The third-order valence-electron chi connectivity index (χ3n) is 1.20. The maximum Gasteiger partial charge on any atom is 0.585 e. The molecule has 0 fully saturated rings. The van der Waals surface area contributed by atoms with E-state index >= 15 is 0 Å². The predicted octanol–water partition coefficient (Wildman–Crippen LogP) is 3.84. The molecule has 8 heteroatoms. The average molecular weight is 307 g/mol. The van der Waals surface area contributed by atoms with Crippen molar-refractivity contribution in [3.8, 4) is 0 Å². The maximum atomic E-state index is 5.67. The summed E-state index contributed by atoms with van der Waals surface area (Å²) < 4.78 is 17.0. The molecule has 0 aromatic rings. The zero-order chi connectivity index (χ0) is 11.6. The largest absolute Gasteiger partial charge is 0.585 e. The predicted molar refractivity (Wildman–Crippen MR) is 76.9 cm³/mol. The van der Waals surface area contributed by atoms with Gasteiger partial charge in [0, 0.05) is 19.8 Å². The van der Waals surface area contributed by atoms with Gasteiger partial charge < -0.3 is 13.3 Å². The molecule has 0 amide bonds. The molecular formula is C7H18O3S4Si. The Labute approximate surface area is 108 Å². The Bertz CT molecular complexity index is 135. The van der Waals surface area contributed by atoms with Crippen LogP contribution in [0.2, 0.25) is 0 Å². The zero-order valence-electron chi connectivity index (χ0n) is 9.48. The van der Waals surface area contributed by atoms with Gasteiger partial charge in [0.25, 0.3) is 0 Å². The molecule has 15 heavy (non-hydrogen) atoms. The highest BCUT2D eigenvalue weighted by molar-refractivity contribution is 9.28. The minimum atomic E-state index is -2.49. The van der Waals surface area contributed by atoms with Gasteiger partial charge in [-0.05, 0) is 56.9 Å². The molecule has 3 nitrogen and oxygen atoms in total. The SMILES string of the molecule is CCO[Si](OCC)(OCC)SSSSC. The van der Waals surface area contributed by atoms with Gasteiger partial charge in [-0.1, -0.05) is 10.8 Å². The summed E-state index contributed by atoms with van der Waals surface area (Å²) in [6, 6.07) is 0. The van der Waals surface area contributed by atoms with Gasteiger partial charge in [0.1, 0.15) is 0 Å². The van der Waals surface area contributed by atoms with Crippen LogP contribution in [-0.4, -0.2) is 34.0 Å². The second-order valence-electron chi connectivity index (χ2n) is 2.19. The lowest BCUT2D eigenvalue weighted by Crippen LogP contribution is -2.42. The number of hydrogen-bond donors (Lipinski definition) is 0. The van der Waals surface area contributed by atoms with Crippen molar-refractivity contribution in [1.82, 2.24) is 0 Å². The smallest absolute Gasteiger partial charge is 0.365 e. The summed E-state index contributed by atoms with van der Waals surface area (Å²) in [5.74, 6) is 0. The Hall–Kier alpha value is 1.50. The molecular weight excluding hydrogens is 288 g/mol. The van der Waals surface area contributed by atoms with Crippen molar-refractivity contribution in [2.75, 3.05) is 26.1 Å². The third kappa shape index (κ3) is 7.43. The molecule has 0 aromatic heterocycles. The van der Waals surface area contributed by atoms with Gasteiger partial charge in [-0.2, -0.15) is 0 Å².